The van der Waals surface area contributed by atoms with Crippen molar-refractivity contribution in [3.8, 4) is 0 Å². The molecule has 0 aromatic carbocycles. The molecule has 0 bridgehead atoms. The van der Waals surface area contributed by atoms with Crippen LogP contribution in [0.15, 0.2) is 22.7 Å². The van der Waals surface area contributed by atoms with Crippen LogP contribution in [0.1, 0.15) is 23.5 Å². The molecular formula is C10H15N3O2S. The highest BCUT2D eigenvalue weighted by Gasteiger charge is 2.20. The van der Waals surface area contributed by atoms with E-state index in [2.05, 4.69) is 5.16 Å². The average molecular weight is 241 g/mol. The Balaban J connectivity index is 2.82. The Bertz CT molecular complexity index is 373. The van der Waals surface area contributed by atoms with Gasteiger partial charge in [0.1, 0.15) is 0 Å². The van der Waals surface area contributed by atoms with Crippen molar-refractivity contribution in [2.24, 2.45) is 10.9 Å². The van der Waals surface area contributed by atoms with Gasteiger partial charge in [0.05, 0.1) is 11.4 Å². The fraction of sp³-hybridized carbons (Fsp3) is 0.400. The van der Waals surface area contributed by atoms with E-state index < -0.39 is 0 Å². The summed E-state index contributed by atoms with van der Waals surface area (Å²) in [5.41, 5.74) is 5.41. The van der Waals surface area contributed by atoms with Crippen molar-refractivity contribution in [2.75, 3.05) is 6.54 Å². The Kier molecular flexibility index (Phi) is 4.30. The fourth-order valence-electron chi connectivity index (χ4n) is 1.24. The first kappa shape index (κ1) is 12.5. The summed E-state index contributed by atoms with van der Waals surface area (Å²) in [4.78, 5) is 14.3. The van der Waals surface area contributed by atoms with Gasteiger partial charge in [-0.25, -0.2) is 0 Å². The molecule has 0 aliphatic rings. The van der Waals surface area contributed by atoms with Crippen molar-refractivity contribution >= 4 is 23.1 Å². The highest BCUT2D eigenvalue weighted by atomic mass is 32.1. The SMILES string of the molecule is CC(C)N(CC(N)=NO)C(=O)c1cccs1. The third kappa shape index (κ3) is 2.96. The number of rotatable bonds is 4. The normalized spacial score (nSPS) is 11.8. The molecule has 0 atom stereocenters. The Hall–Kier alpha value is -1.56. The van der Waals surface area contributed by atoms with E-state index in [4.69, 9.17) is 10.9 Å². The van der Waals surface area contributed by atoms with E-state index in [1.165, 1.54) is 11.3 Å². The highest BCUT2D eigenvalue weighted by Crippen LogP contribution is 2.13. The number of thiophene rings is 1. The number of carbonyl (C=O) groups is 1. The first-order chi connectivity index (χ1) is 7.56. The van der Waals surface area contributed by atoms with Crippen molar-refractivity contribution in [3.63, 3.8) is 0 Å². The summed E-state index contributed by atoms with van der Waals surface area (Å²) in [5, 5.41) is 13.2. The van der Waals surface area contributed by atoms with Crippen LogP contribution in [-0.2, 0) is 0 Å². The molecule has 3 N–H and O–H groups in total. The summed E-state index contributed by atoms with van der Waals surface area (Å²) in [6.07, 6.45) is 0. The van der Waals surface area contributed by atoms with Gasteiger partial charge in [-0.05, 0) is 25.3 Å². The number of nitrogens with zero attached hydrogens (tertiary/aromatic N) is 2. The second-order valence-corrected chi connectivity index (χ2v) is 4.54. The average Bonchev–Trinajstić information content (AvgIpc) is 2.77. The Morgan fingerprint density at radius 3 is 2.81 bits per heavy atom. The largest absolute Gasteiger partial charge is 0.409 e. The first-order valence-electron chi connectivity index (χ1n) is 4.87. The molecule has 0 saturated carbocycles. The van der Waals surface area contributed by atoms with Gasteiger partial charge in [-0.3, -0.25) is 4.79 Å². The number of hydrogen-bond acceptors (Lipinski definition) is 4. The van der Waals surface area contributed by atoms with E-state index in [1.54, 1.807) is 11.0 Å². The van der Waals surface area contributed by atoms with Crippen molar-refractivity contribution < 1.29 is 10.0 Å². The molecule has 1 heterocycles. The van der Waals surface area contributed by atoms with Gasteiger partial charge in [-0.1, -0.05) is 11.2 Å². The van der Waals surface area contributed by atoms with Gasteiger partial charge in [0, 0.05) is 6.04 Å². The van der Waals surface area contributed by atoms with Gasteiger partial charge in [0.2, 0.25) is 0 Å². The molecular weight excluding hydrogens is 226 g/mol. The number of carbonyl (C=O) groups excluding carboxylic acids is 1. The number of nitrogens with two attached hydrogens (primary N) is 1. The van der Waals surface area contributed by atoms with Gasteiger partial charge in [-0.2, -0.15) is 0 Å². The second kappa shape index (κ2) is 5.50. The first-order valence-corrected chi connectivity index (χ1v) is 5.75. The number of amidine groups is 1. The maximum Gasteiger partial charge on any atom is 0.264 e. The molecule has 0 aliphatic heterocycles. The van der Waals surface area contributed by atoms with Crippen LogP contribution in [0.4, 0.5) is 0 Å². The van der Waals surface area contributed by atoms with Crippen LogP contribution in [0.2, 0.25) is 0 Å². The topological polar surface area (TPSA) is 78.9 Å². The summed E-state index contributed by atoms with van der Waals surface area (Å²) >= 11 is 1.38. The lowest BCUT2D eigenvalue weighted by molar-refractivity contribution is 0.0739. The zero-order chi connectivity index (χ0) is 12.1. The van der Waals surface area contributed by atoms with E-state index in [0.29, 0.717) is 4.88 Å². The monoisotopic (exact) mass is 241 g/mol. The summed E-state index contributed by atoms with van der Waals surface area (Å²) < 4.78 is 0. The lowest BCUT2D eigenvalue weighted by atomic mass is 10.3. The molecule has 0 aliphatic carbocycles. The summed E-state index contributed by atoms with van der Waals surface area (Å²) in [6.45, 7) is 3.90. The lowest BCUT2D eigenvalue weighted by Crippen LogP contribution is -2.42. The fourth-order valence-corrected chi connectivity index (χ4v) is 1.92. The van der Waals surface area contributed by atoms with E-state index in [9.17, 15) is 4.79 Å². The van der Waals surface area contributed by atoms with Crippen molar-refractivity contribution in [3.05, 3.63) is 22.4 Å². The minimum absolute atomic E-state index is 0.00472. The van der Waals surface area contributed by atoms with Crippen molar-refractivity contribution in [1.29, 1.82) is 0 Å². The minimum Gasteiger partial charge on any atom is -0.409 e. The Morgan fingerprint density at radius 2 is 2.38 bits per heavy atom. The number of oxime groups is 1. The van der Waals surface area contributed by atoms with E-state index in [0.717, 1.165) is 0 Å². The molecule has 1 amide bonds. The van der Waals surface area contributed by atoms with Crippen LogP contribution >= 0.6 is 11.3 Å². The highest BCUT2D eigenvalue weighted by molar-refractivity contribution is 7.12. The van der Waals surface area contributed by atoms with Crippen molar-refractivity contribution in [1.82, 2.24) is 4.90 Å². The number of hydrogen-bond donors (Lipinski definition) is 2. The second-order valence-electron chi connectivity index (χ2n) is 3.60. The van der Waals surface area contributed by atoms with Gasteiger partial charge in [0.15, 0.2) is 5.84 Å². The molecule has 1 rings (SSSR count). The molecule has 0 unspecified atom stereocenters. The predicted octanol–water partition coefficient (Wildman–Crippen LogP) is 1.35. The van der Waals surface area contributed by atoms with Crippen LogP contribution in [0.25, 0.3) is 0 Å². The molecule has 0 fully saturated rings. The molecule has 5 nitrogen and oxygen atoms in total. The Labute approximate surface area is 98.2 Å². The zero-order valence-corrected chi connectivity index (χ0v) is 10.1. The van der Waals surface area contributed by atoms with Gasteiger partial charge in [-0.15, -0.1) is 11.3 Å². The smallest absolute Gasteiger partial charge is 0.264 e. The third-order valence-electron chi connectivity index (χ3n) is 2.08. The molecule has 1 aromatic heterocycles. The van der Waals surface area contributed by atoms with Crippen LogP contribution in [0.3, 0.4) is 0 Å². The molecule has 6 heteroatoms. The zero-order valence-electron chi connectivity index (χ0n) is 9.25. The van der Waals surface area contributed by atoms with Crippen LogP contribution in [-0.4, -0.2) is 34.4 Å². The third-order valence-corrected chi connectivity index (χ3v) is 2.93. The van der Waals surface area contributed by atoms with E-state index in [1.807, 2.05) is 25.3 Å². The predicted molar refractivity (Wildman–Crippen MR) is 63.9 cm³/mol. The van der Waals surface area contributed by atoms with Crippen LogP contribution < -0.4 is 5.73 Å². The molecule has 88 valence electrons. The quantitative estimate of drug-likeness (QED) is 0.361. The molecule has 16 heavy (non-hydrogen) atoms. The van der Waals surface area contributed by atoms with Gasteiger partial charge < -0.3 is 15.8 Å². The van der Waals surface area contributed by atoms with Crippen LogP contribution in [0, 0.1) is 0 Å². The summed E-state index contributed by atoms with van der Waals surface area (Å²) in [6, 6.07) is 3.57. The van der Waals surface area contributed by atoms with Crippen molar-refractivity contribution in [2.45, 2.75) is 19.9 Å². The van der Waals surface area contributed by atoms with Gasteiger partial charge in [0.25, 0.3) is 5.91 Å². The van der Waals surface area contributed by atoms with E-state index >= 15 is 0 Å². The summed E-state index contributed by atoms with van der Waals surface area (Å²) in [5.74, 6) is -0.0739. The standard InChI is InChI=1S/C10H15N3O2S/c1-7(2)13(6-9(11)12-15)10(14)8-4-3-5-16-8/h3-5,7,15H,6H2,1-2H3,(H2,11,12). The molecule has 0 spiro atoms. The number of amides is 1. The molecule has 0 radical (unpaired) electrons. The maximum absolute atomic E-state index is 12.0. The summed E-state index contributed by atoms with van der Waals surface area (Å²) in [7, 11) is 0. The molecule has 0 saturated heterocycles. The van der Waals surface area contributed by atoms with E-state index in [-0.39, 0.29) is 24.3 Å². The van der Waals surface area contributed by atoms with Gasteiger partial charge >= 0.3 is 0 Å². The lowest BCUT2D eigenvalue weighted by Gasteiger charge is -2.25. The molecule has 1 aromatic rings. The Morgan fingerprint density at radius 1 is 1.69 bits per heavy atom. The van der Waals surface area contributed by atoms with Crippen LogP contribution in [0.5, 0.6) is 0 Å². The maximum atomic E-state index is 12.0. The minimum atomic E-state index is -0.100.